The summed E-state index contributed by atoms with van der Waals surface area (Å²) in [6.07, 6.45) is 1.56. The lowest BCUT2D eigenvalue weighted by atomic mass is 9.70. The average Bonchev–Trinajstić information content (AvgIpc) is 2.48. The fraction of sp³-hybridized carbons (Fsp3) is 0.667. The van der Waals surface area contributed by atoms with Crippen LogP contribution in [0.2, 0.25) is 0 Å². The number of aliphatic hydroxyl groups is 1. The number of carbonyl (C=O) groups excluding carboxylic acids is 1. The monoisotopic (exact) mass is 224 g/mol. The fourth-order valence-corrected chi connectivity index (χ4v) is 3.26. The van der Waals surface area contributed by atoms with E-state index in [2.05, 4.69) is 0 Å². The predicted molar refractivity (Wildman–Crippen MR) is 56.9 cm³/mol. The van der Waals surface area contributed by atoms with Gasteiger partial charge in [-0.3, -0.25) is 4.79 Å². The van der Waals surface area contributed by atoms with Crippen LogP contribution in [0.4, 0.5) is 0 Å². The lowest BCUT2D eigenvalue weighted by Gasteiger charge is -2.31. The number of carboxylic acid groups (broad SMARTS) is 1. The molecular weight excluding hydrogens is 208 g/mol. The molecular formula is C12H16O4. The lowest BCUT2D eigenvalue weighted by Crippen LogP contribution is -2.32. The molecule has 2 saturated carbocycles. The van der Waals surface area contributed by atoms with Crippen molar-refractivity contribution in [3.63, 3.8) is 0 Å². The molecule has 2 N–H and O–H groups in total. The largest absolute Gasteiger partial charge is 0.502 e. The molecule has 0 spiro atoms. The van der Waals surface area contributed by atoms with Gasteiger partial charge in [0.15, 0.2) is 5.78 Å². The highest BCUT2D eigenvalue weighted by atomic mass is 16.4. The first-order chi connectivity index (χ1) is 7.23. The summed E-state index contributed by atoms with van der Waals surface area (Å²) in [4.78, 5) is 22.9. The molecule has 0 aromatic rings. The second-order valence-corrected chi connectivity index (χ2v) is 5.54. The van der Waals surface area contributed by atoms with Crippen molar-refractivity contribution in [3.05, 3.63) is 11.3 Å². The van der Waals surface area contributed by atoms with Crippen LogP contribution in [0.25, 0.3) is 0 Å². The van der Waals surface area contributed by atoms with Crippen LogP contribution < -0.4 is 0 Å². The normalized spacial score (nSPS) is 38.9. The molecule has 0 radical (unpaired) electrons. The molecule has 0 amide bonds. The van der Waals surface area contributed by atoms with Crippen LogP contribution in [0.15, 0.2) is 11.3 Å². The van der Waals surface area contributed by atoms with E-state index in [1.807, 2.05) is 20.8 Å². The Morgan fingerprint density at radius 3 is 2.25 bits per heavy atom. The molecule has 2 rings (SSSR count). The molecule has 4 nitrogen and oxygen atoms in total. The molecule has 0 aromatic carbocycles. The Hall–Kier alpha value is -1.32. The quantitative estimate of drug-likeness (QED) is 0.527. The molecule has 0 aliphatic heterocycles. The number of hydrogen-bond donors (Lipinski definition) is 2. The predicted octanol–water partition coefficient (Wildman–Crippen LogP) is 1.91. The van der Waals surface area contributed by atoms with Crippen molar-refractivity contribution in [1.82, 2.24) is 0 Å². The van der Waals surface area contributed by atoms with Gasteiger partial charge in [-0.15, -0.1) is 0 Å². The molecule has 2 atom stereocenters. The summed E-state index contributed by atoms with van der Waals surface area (Å²) in [6, 6.07) is 0. The van der Waals surface area contributed by atoms with E-state index in [4.69, 9.17) is 5.11 Å². The molecule has 0 saturated heterocycles. The summed E-state index contributed by atoms with van der Waals surface area (Å²) >= 11 is 0. The van der Waals surface area contributed by atoms with E-state index in [9.17, 15) is 14.7 Å². The maximum absolute atomic E-state index is 12.2. The van der Waals surface area contributed by atoms with Gasteiger partial charge in [0.1, 0.15) is 0 Å². The zero-order valence-electron chi connectivity index (χ0n) is 9.70. The van der Waals surface area contributed by atoms with Crippen molar-refractivity contribution in [2.45, 2.75) is 33.6 Å². The smallest absolute Gasteiger partial charge is 0.371 e. The topological polar surface area (TPSA) is 74.6 Å². The molecule has 0 unspecified atom stereocenters. The summed E-state index contributed by atoms with van der Waals surface area (Å²) < 4.78 is 0. The highest BCUT2D eigenvalue weighted by molar-refractivity contribution is 6.09. The van der Waals surface area contributed by atoms with Gasteiger partial charge in [0.2, 0.25) is 5.76 Å². The molecule has 0 aromatic heterocycles. The zero-order chi connectivity index (χ0) is 12.3. The van der Waals surface area contributed by atoms with E-state index < -0.39 is 17.1 Å². The van der Waals surface area contributed by atoms with Crippen LogP contribution >= 0.6 is 0 Å². The van der Waals surface area contributed by atoms with Crippen molar-refractivity contribution < 1.29 is 19.8 Å². The molecule has 88 valence electrons. The minimum atomic E-state index is -1.41. The van der Waals surface area contributed by atoms with Gasteiger partial charge in [-0.1, -0.05) is 20.8 Å². The van der Waals surface area contributed by atoms with Gasteiger partial charge in [-0.05, 0) is 24.2 Å². The lowest BCUT2D eigenvalue weighted by molar-refractivity contribution is -0.136. The van der Waals surface area contributed by atoms with E-state index >= 15 is 0 Å². The highest BCUT2D eigenvalue weighted by Crippen LogP contribution is 2.65. The van der Waals surface area contributed by atoms with Crippen molar-refractivity contribution in [2.75, 3.05) is 0 Å². The van der Waals surface area contributed by atoms with E-state index in [-0.39, 0.29) is 22.7 Å². The van der Waals surface area contributed by atoms with Crippen molar-refractivity contribution in [1.29, 1.82) is 0 Å². The van der Waals surface area contributed by atoms with Gasteiger partial charge < -0.3 is 10.2 Å². The number of Topliss-reactive ketones (excluding diaryl/α,β-unsaturated/α-hetero) is 1. The second-order valence-electron chi connectivity index (χ2n) is 5.54. The summed E-state index contributed by atoms with van der Waals surface area (Å²) in [5.41, 5.74) is -0.648. The maximum Gasteiger partial charge on any atom is 0.371 e. The van der Waals surface area contributed by atoms with E-state index in [0.717, 1.165) is 12.8 Å². The van der Waals surface area contributed by atoms with Gasteiger partial charge in [0.05, 0.1) is 0 Å². The van der Waals surface area contributed by atoms with Gasteiger partial charge >= 0.3 is 5.97 Å². The highest BCUT2D eigenvalue weighted by Gasteiger charge is 2.65. The summed E-state index contributed by atoms with van der Waals surface area (Å²) in [7, 11) is 0. The van der Waals surface area contributed by atoms with Crippen LogP contribution in [-0.4, -0.2) is 22.0 Å². The molecule has 2 bridgehead atoms. The maximum atomic E-state index is 12.2. The second kappa shape index (κ2) is 2.87. The number of carboxylic acids is 1. The minimum absolute atomic E-state index is 0.124. The van der Waals surface area contributed by atoms with Gasteiger partial charge in [-0.2, -0.15) is 0 Å². The van der Waals surface area contributed by atoms with Crippen molar-refractivity contribution >= 4 is 11.8 Å². The van der Waals surface area contributed by atoms with Crippen LogP contribution in [-0.2, 0) is 9.59 Å². The fourth-order valence-electron chi connectivity index (χ4n) is 3.26. The summed E-state index contributed by atoms with van der Waals surface area (Å²) in [6.45, 7) is 5.83. The first kappa shape index (κ1) is 11.2. The van der Waals surface area contributed by atoms with Crippen LogP contribution in [0.3, 0.4) is 0 Å². The number of ketones is 1. The number of carbonyl (C=O) groups is 2. The van der Waals surface area contributed by atoms with Crippen molar-refractivity contribution in [2.24, 2.45) is 16.7 Å². The van der Waals surface area contributed by atoms with E-state index in [1.54, 1.807) is 0 Å². The average molecular weight is 224 g/mol. The third kappa shape index (κ3) is 0.996. The first-order valence-corrected chi connectivity index (χ1v) is 5.44. The summed E-state index contributed by atoms with van der Waals surface area (Å²) in [5, 5.41) is 18.3. The van der Waals surface area contributed by atoms with Crippen LogP contribution in [0, 0.1) is 16.7 Å². The molecule has 2 aliphatic carbocycles. The SMILES string of the molecule is CC1(C)[C@@H]2CC[C@@]1(C)C(=O)/C2=C(\O)C(=O)O. The Balaban J connectivity index is 2.61. The van der Waals surface area contributed by atoms with Gasteiger partial charge in [0, 0.05) is 11.0 Å². The number of aliphatic hydroxyl groups excluding tert-OH is 1. The Morgan fingerprint density at radius 2 is 1.88 bits per heavy atom. The van der Waals surface area contributed by atoms with Gasteiger partial charge in [0.25, 0.3) is 0 Å². The number of rotatable bonds is 1. The Kier molecular flexibility index (Phi) is 2.00. The van der Waals surface area contributed by atoms with Crippen LogP contribution in [0.5, 0.6) is 0 Å². The van der Waals surface area contributed by atoms with E-state index in [0.29, 0.717) is 0 Å². The third-order valence-electron chi connectivity index (χ3n) is 4.78. The van der Waals surface area contributed by atoms with Crippen molar-refractivity contribution in [3.8, 4) is 0 Å². The molecule has 0 heterocycles. The zero-order valence-corrected chi connectivity index (χ0v) is 9.70. The molecule has 2 fully saturated rings. The Labute approximate surface area is 94.0 Å². The van der Waals surface area contributed by atoms with Crippen LogP contribution in [0.1, 0.15) is 33.6 Å². The molecule has 4 heteroatoms. The minimum Gasteiger partial charge on any atom is -0.502 e. The number of allylic oxidation sites excluding steroid dienone is 1. The molecule has 2 aliphatic rings. The number of hydrogen-bond acceptors (Lipinski definition) is 3. The summed E-state index contributed by atoms with van der Waals surface area (Å²) in [5.74, 6) is -2.48. The standard InChI is InChI=1S/C12H16O4/c1-11(2)6-4-5-12(11,3)9(14)7(6)8(13)10(15)16/h6,13H,4-5H2,1-3H3,(H,15,16)/b8-7-/t6-,12+/m1/s1. The Bertz CT molecular complexity index is 419. The number of fused-ring (bicyclic) bond motifs is 2. The molecule has 16 heavy (non-hydrogen) atoms. The third-order valence-corrected chi connectivity index (χ3v) is 4.78. The van der Waals surface area contributed by atoms with E-state index in [1.165, 1.54) is 0 Å². The first-order valence-electron chi connectivity index (χ1n) is 5.44. The Morgan fingerprint density at radius 1 is 1.31 bits per heavy atom. The van der Waals surface area contributed by atoms with Gasteiger partial charge in [-0.25, -0.2) is 4.79 Å². The number of aliphatic carboxylic acids is 1.